The van der Waals surface area contributed by atoms with Gasteiger partial charge in [-0.1, -0.05) is 12.7 Å². The number of benzene rings is 2. The summed E-state index contributed by atoms with van der Waals surface area (Å²) in [6.45, 7) is 6.80. The standard InChI is InChI=1S/C19H22N2O3/c1-3-13-24-18-9-5-15(6-10-18)20-14-19(22)21-16-7-11-17(12-8-16)23-4-2/h3,5-12,20H,1,4,13-14H2,2H3,(H,21,22). The maximum absolute atomic E-state index is 12.0. The first-order valence-electron chi connectivity index (χ1n) is 7.81. The van der Waals surface area contributed by atoms with Crippen LogP contribution in [0.5, 0.6) is 11.5 Å². The van der Waals surface area contributed by atoms with Crippen LogP contribution in [0.25, 0.3) is 0 Å². The van der Waals surface area contributed by atoms with Crippen LogP contribution in [0.15, 0.2) is 61.2 Å². The van der Waals surface area contributed by atoms with E-state index in [0.717, 1.165) is 22.9 Å². The molecular formula is C19H22N2O3. The Balaban J connectivity index is 1.79. The van der Waals surface area contributed by atoms with Crippen LogP contribution in [0.1, 0.15) is 6.92 Å². The summed E-state index contributed by atoms with van der Waals surface area (Å²) in [7, 11) is 0. The summed E-state index contributed by atoms with van der Waals surface area (Å²) in [6, 6.07) is 14.7. The van der Waals surface area contributed by atoms with Crippen molar-refractivity contribution in [3.8, 4) is 11.5 Å². The minimum Gasteiger partial charge on any atom is -0.494 e. The van der Waals surface area contributed by atoms with E-state index in [0.29, 0.717) is 13.2 Å². The molecule has 2 rings (SSSR count). The van der Waals surface area contributed by atoms with Crippen molar-refractivity contribution in [2.75, 3.05) is 30.4 Å². The molecule has 0 aliphatic rings. The van der Waals surface area contributed by atoms with E-state index in [1.54, 1.807) is 6.08 Å². The third-order valence-corrected chi connectivity index (χ3v) is 3.12. The van der Waals surface area contributed by atoms with Gasteiger partial charge in [0.25, 0.3) is 0 Å². The Hall–Kier alpha value is -2.95. The van der Waals surface area contributed by atoms with Crippen LogP contribution in [0.3, 0.4) is 0 Å². The molecule has 2 aromatic rings. The van der Waals surface area contributed by atoms with Crippen LogP contribution >= 0.6 is 0 Å². The van der Waals surface area contributed by atoms with Gasteiger partial charge in [0.2, 0.25) is 5.91 Å². The van der Waals surface area contributed by atoms with Crippen molar-refractivity contribution in [2.45, 2.75) is 6.92 Å². The molecule has 0 spiro atoms. The average Bonchev–Trinajstić information content (AvgIpc) is 2.61. The molecule has 0 saturated heterocycles. The van der Waals surface area contributed by atoms with Gasteiger partial charge in [0.15, 0.2) is 0 Å². The smallest absolute Gasteiger partial charge is 0.243 e. The number of ether oxygens (including phenoxy) is 2. The lowest BCUT2D eigenvalue weighted by atomic mass is 10.3. The fourth-order valence-electron chi connectivity index (χ4n) is 2.01. The maximum Gasteiger partial charge on any atom is 0.243 e. The van der Waals surface area contributed by atoms with Gasteiger partial charge in [-0.05, 0) is 55.5 Å². The van der Waals surface area contributed by atoms with E-state index in [4.69, 9.17) is 9.47 Å². The topological polar surface area (TPSA) is 59.6 Å². The van der Waals surface area contributed by atoms with Crippen molar-refractivity contribution in [3.63, 3.8) is 0 Å². The minimum absolute atomic E-state index is 0.119. The molecule has 0 atom stereocenters. The lowest BCUT2D eigenvalue weighted by Gasteiger charge is -2.09. The predicted molar refractivity (Wildman–Crippen MR) is 96.9 cm³/mol. The highest BCUT2D eigenvalue weighted by Crippen LogP contribution is 2.17. The van der Waals surface area contributed by atoms with Gasteiger partial charge in [0, 0.05) is 11.4 Å². The lowest BCUT2D eigenvalue weighted by Crippen LogP contribution is -2.21. The summed E-state index contributed by atoms with van der Waals surface area (Å²) in [5.74, 6) is 1.43. The number of rotatable bonds is 9. The van der Waals surface area contributed by atoms with Crippen LogP contribution in [0.4, 0.5) is 11.4 Å². The van der Waals surface area contributed by atoms with E-state index in [1.807, 2.05) is 55.5 Å². The van der Waals surface area contributed by atoms with E-state index >= 15 is 0 Å². The zero-order chi connectivity index (χ0) is 17.2. The monoisotopic (exact) mass is 326 g/mol. The molecule has 0 aromatic heterocycles. The van der Waals surface area contributed by atoms with Crippen LogP contribution in [-0.2, 0) is 4.79 Å². The first-order chi connectivity index (χ1) is 11.7. The first kappa shape index (κ1) is 17.4. The molecule has 2 N–H and O–H groups in total. The summed E-state index contributed by atoms with van der Waals surface area (Å²) in [6.07, 6.45) is 1.69. The van der Waals surface area contributed by atoms with Gasteiger partial charge in [-0.3, -0.25) is 4.79 Å². The summed E-state index contributed by atoms with van der Waals surface area (Å²) >= 11 is 0. The lowest BCUT2D eigenvalue weighted by molar-refractivity contribution is -0.114. The van der Waals surface area contributed by atoms with Crippen molar-refractivity contribution >= 4 is 17.3 Å². The molecule has 2 aromatic carbocycles. The van der Waals surface area contributed by atoms with Gasteiger partial charge < -0.3 is 20.1 Å². The molecule has 0 bridgehead atoms. The van der Waals surface area contributed by atoms with Crippen molar-refractivity contribution in [2.24, 2.45) is 0 Å². The number of carbonyl (C=O) groups is 1. The maximum atomic E-state index is 12.0. The Labute approximate surface area is 142 Å². The second-order valence-electron chi connectivity index (χ2n) is 4.98. The van der Waals surface area contributed by atoms with E-state index in [2.05, 4.69) is 17.2 Å². The molecule has 0 heterocycles. The van der Waals surface area contributed by atoms with Gasteiger partial charge in [-0.2, -0.15) is 0 Å². The molecule has 0 aliphatic heterocycles. The number of anilines is 2. The fraction of sp³-hybridized carbons (Fsp3) is 0.211. The number of amides is 1. The third-order valence-electron chi connectivity index (χ3n) is 3.12. The van der Waals surface area contributed by atoms with E-state index in [-0.39, 0.29) is 12.5 Å². The van der Waals surface area contributed by atoms with Gasteiger partial charge in [0.05, 0.1) is 13.2 Å². The highest BCUT2D eigenvalue weighted by Gasteiger charge is 2.03. The van der Waals surface area contributed by atoms with Gasteiger partial charge >= 0.3 is 0 Å². The Bertz CT molecular complexity index is 651. The quantitative estimate of drug-likeness (QED) is 0.690. The molecule has 1 amide bonds. The Kier molecular flexibility index (Phi) is 6.71. The van der Waals surface area contributed by atoms with Gasteiger partial charge in [-0.15, -0.1) is 0 Å². The Morgan fingerprint density at radius 2 is 1.58 bits per heavy atom. The largest absolute Gasteiger partial charge is 0.494 e. The van der Waals surface area contributed by atoms with Gasteiger partial charge in [0.1, 0.15) is 18.1 Å². The molecule has 5 heteroatoms. The highest BCUT2D eigenvalue weighted by atomic mass is 16.5. The van der Waals surface area contributed by atoms with Crippen molar-refractivity contribution in [3.05, 3.63) is 61.2 Å². The number of hydrogen-bond acceptors (Lipinski definition) is 4. The normalized spacial score (nSPS) is 9.88. The number of carbonyl (C=O) groups excluding carboxylic acids is 1. The first-order valence-corrected chi connectivity index (χ1v) is 7.81. The van der Waals surface area contributed by atoms with Crippen LogP contribution in [0.2, 0.25) is 0 Å². The molecule has 0 unspecified atom stereocenters. The summed E-state index contributed by atoms with van der Waals surface area (Å²) in [4.78, 5) is 12.0. The second kappa shape index (κ2) is 9.25. The highest BCUT2D eigenvalue weighted by molar-refractivity contribution is 5.93. The molecule has 0 aliphatic carbocycles. The summed E-state index contributed by atoms with van der Waals surface area (Å²) in [5.41, 5.74) is 1.58. The van der Waals surface area contributed by atoms with Gasteiger partial charge in [-0.25, -0.2) is 0 Å². The number of nitrogens with one attached hydrogen (secondary N) is 2. The predicted octanol–water partition coefficient (Wildman–Crippen LogP) is 3.70. The molecule has 0 saturated carbocycles. The van der Waals surface area contributed by atoms with E-state index in [9.17, 15) is 4.79 Å². The SMILES string of the molecule is C=CCOc1ccc(NCC(=O)Nc2ccc(OCC)cc2)cc1. The van der Waals surface area contributed by atoms with Crippen LogP contribution in [0, 0.1) is 0 Å². The van der Waals surface area contributed by atoms with E-state index in [1.165, 1.54) is 0 Å². The Morgan fingerprint density at radius 3 is 2.17 bits per heavy atom. The molecule has 0 fully saturated rings. The second-order valence-corrected chi connectivity index (χ2v) is 4.98. The fourth-order valence-corrected chi connectivity index (χ4v) is 2.01. The number of hydrogen-bond donors (Lipinski definition) is 2. The zero-order valence-electron chi connectivity index (χ0n) is 13.7. The van der Waals surface area contributed by atoms with Crippen LogP contribution < -0.4 is 20.1 Å². The third kappa shape index (κ3) is 5.68. The molecular weight excluding hydrogens is 304 g/mol. The van der Waals surface area contributed by atoms with Crippen molar-refractivity contribution in [1.29, 1.82) is 0 Å². The molecule has 5 nitrogen and oxygen atoms in total. The van der Waals surface area contributed by atoms with Crippen molar-refractivity contribution < 1.29 is 14.3 Å². The molecule has 24 heavy (non-hydrogen) atoms. The summed E-state index contributed by atoms with van der Waals surface area (Å²) < 4.78 is 10.8. The zero-order valence-corrected chi connectivity index (χ0v) is 13.7. The van der Waals surface area contributed by atoms with Crippen LogP contribution in [-0.4, -0.2) is 25.7 Å². The molecule has 0 radical (unpaired) electrons. The van der Waals surface area contributed by atoms with E-state index < -0.39 is 0 Å². The Morgan fingerprint density at radius 1 is 1.00 bits per heavy atom. The minimum atomic E-state index is -0.119. The van der Waals surface area contributed by atoms with Crippen molar-refractivity contribution in [1.82, 2.24) is 0 Å². The summed E-state index contributed by atoms with van der Waals surface area (Å²) in [5, 5.41) is 5.90. The molecule has 126 valence electrons. The average molecular weight is 326 g/mol.